The molecule has 1 saturated heterocycles. The van der Waals surface area contributed by atoms with E-state index in [2.05, 4.69) is 20.4 Å². The molecule has 0 spiro atoms. The second-order valence-electron chi connectivity index (χ2n) is 7.98. The van der Waals surface area contributed by atoms with E-state index in [1.807, 2.05) is 0 Å². The number of aromatic nitrogens is 2. The molecule has 1 N–H and O–H groups in total. The van der Waals surface area contributed by atoms with Crippen LogP contribution in [0.15, 0.2) is 47.0 Å². The van der Waals surface area contributed by atoms with Gasteiger partial charge >= 0.3 is 5.97 Å². The number of amides is 1. The molecule has 1 aromatic heterocycles. The first-order valence-electron chi connectivity index (χ1n) is 11.0. The average molecular weight is 503 g/mol. The molecule has 4 rings (SSSR count). The fraction of sp³-hybridized carbons (Fsp3) is 0.333. The third-order valence-corrected chi connectivity index (χ3v) is 6.15. The van der Waals surface area contributed by atoms with Crippen molar-refractivity contribution in [2.45, 2.75) is 26.3 Å². The molecule has 0 unspecified atom stereocenters. The molecule has 34 heavy (non-hydrogen) atoms. The summed E-state index contributed by atoms with van der Waals surface area (Å²) in [4.78, 5) is 31.3. The number of ether oxygens (including phenoxy) is 1. The summed E-state index contributed by atoms with van der Waals surface area (Å²) in [5.41, 5.74) is 1.65. The molecule has 1 fully saturated rings. The van der Waals surface area contributed by atoms with Crippen molar-refractivity contribution in [1.82, 2.24) is 15.0 Å². The molecule has 0 radical (unpaired) electrons. The summed E-state index contributed by atoms with van der Waals surface area (Å²) in [6, 6.07) is 11.9. The average Bonchev–Trinajstić information content (AvgIpc) is 3.28. The topological polar surface area (TPSA) is 97.6 Å². The minimum atomic E-state index is -0.408. The van der Waals surface area contributed by atoms with Crippen LogP contribution in [0.25, 0.3) is 11.4 Å². The van der Waals surface area contributed by atoms with Crippen LogP contribution in [0.4, 0.5) is 5.69 Å². The number of piperidine rings is 1. The van der Waals surface area contributed by atoms with Gasteiger partial charge in [0.1, 0.15) is 0 Å². The number of esters is 1. The highest BCUT2D eigenvalue weighted by Crippen LogP contribution is 2.29. The standard InChI is InChI=1S/C24H24Cl2N4O4/c1-2-33-24(32)16-4-3-5-18(12-16)27-23(31)15-8-10-30(11-9-15)14-21-28-22(29-34-21)19-7-6-17(25)13-20(19)26/h3-7,12-13,15H,2,8-11,14H2,1H3,(H,27,31). The molecule has 3 aromatic rings. The highest BCUT2D eigenvalue weighted by molar-refractivity contribution is 6.36. The van der Waals surface area contributed by atoms with Crippen molar-refractivity contribution in [3.63, 3.8) is 0 Å². The van der Waals surface area contributed by atoms with Gasteiger partial charge in [-0.25, -0.2) is 4.79 Å². The van der Waals surface area contributed by atoms with E-state index in [1.54, 1.807) is 49.4 Å². The number of halogens is 2. The molecule has 0 atom stereocenters. The normalized spacial score (nSPS) is 14.7. The Hall–Kier alpha value is -2.94. The smallest absolute Gasteiger partial charge is 0.338 e. The van der Waals surface area contributed by atoms with Crippen molar-refractivity contribution in [2.24, 2.45) is 5.92 Å². The van der Waals surface area contributed by atoms with E-state index >= 15 is 0 Å². The third-order valence-electron chi connectivity index (χ3n) is 5.60. The first kappa shape index (κ1) is 24.2. The predicted octanol–water partition coefficient (Wildman–Crippen LogP) is 5.07. The molecule has 0 aliphatic carbocycles. The van der Waals surface area contributed by atoms with Crippen LogP contribution in [0.3, 0.4) is 0 Å². The van der Waals surface area contributed by atoms with Crippen LogP contribution < -0.4 is 5.32 Å². The number of nitrogens with one attached hydrogen (secondary N) is 1. The Kier molecular flexibility index (Phi) is 7.82. The van der Waals surface area contributed by atoms with E-state index < -0.39 is 5.97 Å². The lowest BCUT2D eigenvalue weighted by atomic mass is 9.95. The second-order valence-corrected chi connectivity index (χ2v) is 8.82. The molecular weight excluding hydrogens is 479 g/mol. The van der Waals surface area contributed by atoms with Gasteiger partial charge in [-0.05, 0) is 69.3 Å². The molecule has 2 aromatic carbocycles. The van der Waals surface area contributed by atoms with Crippen LogP contribution >= 0.6 is 23.2 Å². The third kappa shape index (κ3) is 5.94. The maximum absolute atomic E-state index is 12.7. The Balaban J connectivity index is 1.29. The fourth-order valence-corrected chi connectivity index (χ4v) is 4.32. The highest BCUT2D eigenvalue weighted by atomic mass is 35.5. The van der Waals surface area contributed by atoms with Crippen LogP contribution in [0.5, 0.6) is 0 Å². The monoisotopic (exact) mass is 502 g/mol. The number of rotatable bonds is 7. The molecule has 10 heteroatoms. The van der Waals surface area contributed by atoms with Gasteiger partial charge in [-0.2, -0.15) is 4.98 Å². The van der Waals surface area contributed by atoms with E-state index in [9.17, 15) is 9.59 Å². The largest absolute Gasteiger partial charge is 0.462 e. The molecule has 1 aliphatic heterocycles. The van der Waals surface area contributed by atoms with Crippen LogP contribution in [0, 0.1) is 5.92 Å². The predicted molar refractivity (Wildman–Crippen MR) is 129 cm³/mol. The van der Waals surface area contributed by atoms with Crippen molar-refractivity contribution < 1.29 is 18.8 Å². The number of benzene rings is 2. The first-order valence-corrected chi connectivity index (χ1v) is 11.8. The SMILES string of the molecule is CCOC(=O)c1cccc(NC(=O)C2CCN(Cc3nc(-c4ccc(Cl)cc4Cl)no3)CC2)c1. The van der Waals surface area contributed by atoms with Crippen molar-refractivity contribution in [3.8, 4) is 11.4 Å². The molecule has 8 nitrogen and oxygen atoms in total. The van der Waals surface area contributed by atoms with Gasteiger partial charge in [0, 0.05) is 22.2 Å². The van der Waals surface area contributed by atoms with E-state index in [1.165, 1.54) is 0 Å². The first-order chi connectivity index (χ1) is 16.4. The Morgan fingerprint density at radius 3 is 2.71 bits per heavy atom. The maximum Gasteiger partial charge on any atom is 0.338 e. The quantitative estimate of drug-likeness (QED) is 0.450. The van der Waals surface area contributed by atoms with Gasteiger partial charge in [-0.15, -0.1) is 0 Å². The molecule has 0 bridgehead atoms. The zero-order chi connectivity index (χ0) is 24.1. The van der Waals surface area contributed by atoms with Gasteiger partial charge in [-0.3, -0.25) is 9.69 Å². The zero-order valence-corrected chi connectivity index (χ0v) is 20.1. The van der Waals surface area contributed by atoms with Crippen molar-refractivity contribution >= 4 is 40.8 Å². The lowest BCUT2D eigenvalue weighted by Gasteiger charge is -2.30. The van der Waals surface area contributed by atoms with Gasteiger partial charge < -0.3 is 14.6 Å². The van der Waals surface area contributed by atoms with Crippen LogP contribution in [-0.4, -0.2) is 46.6 Å². The van der Waals surface area contributed by atoms with Gasteiger partial charge in [0.25, 0.3) is 0 Å². The molecule has 1 amide bonds. The van der Waals surface area contributed by atoms with Gasteiger partial charge in [-0.1, -0.05) is 34.4 Å². The van der Waals surface area contributed by atoms with Crippen molar-refractivity contribution in [2.75, 3.05) is 25.0 Å². The second kappa shape index (κ2) is 11.0. The summed E-state index contributed by atoms with van der Waals surface area (Å²) in [5, 5.41) is 7.94. The summed E-state index contributed by atoms with van der Waals surface area (Å²) >= 11 is 12.2. The fourth-order valence-electron chi connectivity index (χ4n) is 3.83. The van der Waals surface area contributed by atoms with Crippen LogP contribution in [0.1, 0.15) is 36.0 Å². The maximum atomic E-state index is 12.7. The van der Waals surface area contributed by atoms with E-state index in [0.717, 1.165) is 13.1 Å². The van der Waals surface area contributed by atoms with Gasteiger partial charge in [0.15, 0.2) is 0 Å². The lowest BCUT2D eigenvalue weighted by Crippen LogP contribution is -2.37. The Labute approximate surface area is 207 Å². The van der Waals surface area contributed by atoms with Crippen LogP contribution in [0.2, 0.25) is 10.0 Å². The van der Waals surface area contributed by atoms with E-state index in [-0.39, 0.29) is 11.8 Å². The molecule has 178 valence electrons. The summed E-state index contributed by atoms with van der Waals surface area (Å²) in [7, 11) is 0. The number of nitrogens with zero attached hydrogens (tertiary/aromatic N) is 3. The lowest BCUT2D eigenvalue weighted by molar-refractivity contribution is -0.121. The molecule has 1 aliphatic rings. The molecular formula is C24H24Cl2N4O4. The summed E-state index contributed by atoms with van der Waals surface area (Å²) < 4.78 is 10.4. The minimum absolute atomic E-state index is 0.0573. The van der Waals surface area contributed by atoms with Crippen molar-refractivity contribution in [1.29, 1.82) is 0 Å². The number of hydrogen-bond donors (Lipinski definition) is 1. The number of likely N-dealkylation sites (tertiary alicyclic amines) is 1. The van der Waals surface area contributed by atoms with Gasteiger partial charge in [0.2, 0.25) is 17.6 Å². The number of carbonyl (C=O) groups excluding carboxylic acids is 2. The zero-order valence-electron chi connectivity index (χ0n) is 18.6. The molecule has 0 saturated carbocycles. The van der Waals surface area contributed by atoms with Crippen LogP contribution in [-0.2, 0) is 16.1 Å². The van der Waals surface area contributed by atoms with Gasteiger partial charge in [0.05, 0.1) is 23.7 Å². The van der Waals surface area contributed by atoms with E-state index in [0.29, 0.717) is 64.6 Å². The Morgan fingerprint density at radius 1 is 1.18 bits per heavy atom. The minimum Gasteiger partial charge on any atom is -0.462 e. The Morgan fingerprint density at radius 2 is 1.97 bits per heavy atom. The van der Waals surface area contributed by atoms with E-state index in [4.69, 9.17) is 32.5 Å². The molecule has 2 heterocycles. The summed E-state index contributed by atoms with van der Waals surface area (Å²) in [6.45, 7) is 3.99. The number of hydrogen-bond acceptors (Lipinski definition) is 7. The highest BCUT2D eigenvalue weighted by Gasteiger charge is 2.26. The Bertz CT molecular complexity index is 1180. The number of anilines is 1. The summed E-state index contributed by atoms with van der Waals surface area (Å²) in [6.07, 6.45) is 1.40. The van der Waals surface area contributed by atoms with Crippen molar-refractivity contribution in [3.05, 3.63) is 64.0 Å². The number of carbonyl (C=O) groups is 2. The summed E-state index contributed by atoms with van der Waals surface area (Å²) in [5.74, 6) is 0.317.